The number of hydrogen-bond acceptors (Lipinski definition) is 1. The van der Waals surface area contributed by atoms with E-state index in [2.05, 4.69) is 6.58 Å². The summed E-state index contributed by atoms with van der Waals surface area (Å²) < 4.78 is 0. The Kier molecular flexibility index (Phi) is 20.9. The summed E-state index contributed by atoms with van der Waals surface area (Å²) in [7, 11) is 0. The van der Waals surface area contributed by atoms with Gasteiger partial charge in [0, 0.05) is 6.08 Å². The molecule has 0 atom stereocenters. The van der Waals surface area contributed by atoms with Crippen LogP contribution < -0.4 is 0 Å². The maximum atomic E-state index is 9.25. The minimum Gasteiger partial charge on any atom is -2.00 e. The average Bonchev–Trinajstić information content (AvgIpc) is 1.38. The van der Waals surface area contributed by atoms with Gasteiger partial charge in [-0.1, -0.05) is 6.58 Å². The summed E-state index contributed by atoms with van der Waals surface area (Å²) in [5.41, 5.74) is 0. The maximum absolute atomic E-state index is 9.25. The third-order valence-electron chi connectivity index (χ3n) is 0.175. The van der Waals surface area contributed by atoms with Crippen molar-refractivity contribution in [3.8, 4) is 0 Å². The molecule has 0 rings (SSSR count). The minimum absolute atomic E-state index is 0. The average molecular weight is 144 g/mol. The van der Waals surface area contributed by atoms with Gasteiger partial charge in [-0.05, 0) is 0 Å². The van der Waals surface area contributed by atoms with Crippen LogP contribution in [0.1, 0.15) is 0 Å². The zero-order chi connectivity index (χ0) is 4.28. The van der Waals surface area contributed by atoms with Crippen LogP contribution in [0.5, 0.6) is 0 Å². The van der Waals surface area contributed by atoms with Crippen LogP contribution in [-0.4, -0.2) is 11.1 Å². The Bertz CT molecular complexity index is 61.2. The molecule has 42 valence electrons. The molecule has 0 spiro atoms. The molecule has 0 aliphatic carbocycles. The van der Waals surface area contributed by atoms with E-state index in [9.17, 15) is 4.79 Å². The Morgan fingerprint density at radius 3 is 1.86 bits per heavy atom. The van der Waals surface area contributed by atoms with Crippen LogP contribution in [0, 0.1) is 0 Å². The molecule has 0 amide bonds. The summed E-state index contributed by atoms with van der Waals surface area (Å²) in [5.74, 6) is -0.981. The van der Waals surface area contributed by atoms with Gasteiger partial charge in [-0.25, -0.2) is 4.79 Å². The molecule has 0 aromatic heterocycles. The number of hydrogen-bond donors (Lipinski definition) is 1. The monoisotopic (exact) mass is 144 g/mol. The molecule has 0 heterocycles. The molecule has 0 fully saturated rings. The zero-order valence-corrected chi connectivity index (χ0v) is 4.51. The molecular formula is C3H4FeO3. The van der Waals surface area contributed by atoms with E-state index in [-0.39, 0.29) is 22.5 Å². The van der Waals surface area contributed by atoms with E-state index < -0.39 is 5.97 Å². The molecule has 0 saturated heterocycles. The number of rotatable bonds is 1. The zero-order valence-electron chi connectivity index (χ0n) is 3.40. The molecule has 3 nitrogen and oxygen atoms in total. The third kappa shape index (κ3) is 27.1. The molecule has 4 heteroatoms. The molecule has 0 aliphatic heterocycles. The van der Waals surface area contributed by atoms with Gasteiger partial charge < -0.3 is 10.6 Å². The standard InChI is InChI=1S/C3H4O2.Fe.O/c1-2-3(4)5;;/h2H,1H2,(H,4,5);;/q;+2;-2. The van der Waals surface area contributed by atoms with Crippen LogP contribution >= 0.6 is 0 Å². The minimum atomic E-state index is -0.981. The van der Waals surface area contributed by atoms with Crippen molar-refractivity contribution >= 4 is 5.97 Å². The SMILES string of the molecule is C=CC(=O)O.[Fe+2].[O-2]. The summed E-state index contributed by atoms with van der Waals surface area (Å²) in [6, 6.07) is 0. The van der Waals surface area contributed by atoms with Gasteiger partial charge in [0.1, 0.15) is 0 Å². The van der Waals surface area contributed by atoms with Crippen molar-refractivity contribution in [1.82, 2.24) is 0 Å². The van der Waals surface area contributed by atoms with E-state index in [1.165, 1.54) is 0 Å². The van der Waals surface area contributed by atoms with Crippen LogP contribution in [0.2, 0.25) is 0 Å². The van der Waals surface area contributed by atoms with Gasteiger partial charge in [0.15, 0.2) is 0 Å². The summed E-state index contributed by atoms with van der Waals surface area (Å²) >= 11 is 0. The second-order valence-electron chi connectivity index (χ2n) is 0.542. The van der Waals surface area contributed by atoms with Crippen molar-refractivity contribution in [2.75, 3.05) is 0 Å². The van der Waals surface area contributed by atoms with Crippen LogP contribution in [0.25, 0.3) is 0 Å². The fourth-order valence-electron chi connectivity index (χ4n) is 0. The molecule has 7 heavy (non-hydrogen) atoms. The van der Waals surface area contributed by atoms with E-state index in [1.54, 1.807) is 0 Å². The molecule has 0 unspecified atom stereocenters. The Hall–Kier alpha value is -0.311. The largest absolute Gasteiger partial charge is 2.00 e. The van der Waals surface area contributed by atoms with Crippen LogP contribution in [0.4, 0.5) is 0 Å². The van der Waals surface area contributed by atoms with Gasteiger partial charge in [-0.2, -0.15) is 0 Å². The maximum Gasteiger partial charge on any atom is 2.00 e. The fourth-order valence-corrected chi connectivity index (χ4v) is 0. The van der Waals surface area contributed by atoms with Crippen LogP contribution in [0.15, 0.2) is 12.7 Å². The number of aliphatic carboxylic acids is 1. The summed E-state index contributed by atoms with van der Waals surface area (Å²) in [6.07, 6.45) is 0.833. The first kappa shape index (κ1) is 15.9. The van der Waals surface area contributed by atoms with Gasteiger partial charge in [-0.15, -0.1) is 0 Å². The molecule has 0 aromatic carbocycles. The van der Waals surface area contributed by atoms with Crippen molar-refractivity contribution < 1.29 is 32.4 Å². The first-order chi connectivity index (χ1) is 2.27. The molecule has 0 radical (unpaired) electrons. The Balaban J connectivity index is -0.0000000800. The van der Waals surface area contributed by atoms with E-state index in [0.717, 1.165) is 6.08 Å². The van der Waals surface area contributed by atoms with Crippen LogP contribution in [-0.2, 0) is 27.3 Å². The molecular weight excluding hydrogens is 140 g/mol. The van der Waals surface area contributed by atoms with Crippen molar-refractivity contribution in [2.45, 2.75) is 0 Å². The second-order valence-corrected chi connectivity index (χ2v) is 0.542. The van der Waals surface area contributed by atoms with Crippen LogP contribution in [0.3, 0.4) is 0 Å². The third-order valence-corrected chi connectivity index (χ3v) is 0.175. The summed E-state index contributed by atoms with van der Waals surface area (Å²) in [5, 5.41) is 7.60. The summed E-state index contributed by atoms with van der Waals surface area (Å²) in [4.78, 5) is 9.25. The molecule has 0 aliphatic rings. The topological polar surface area (TPSA) is 65.8 Å². The van der Waals surface area contributed by atoms with E-state index in [4.69, 9.17) is 5.11 Å². The Labute approximate surface area is 51.8 Å². The fraction of sp³-hybridized carbons (Fsp3) is 0. The van der Waals surface area contributed by atoms with E-state index in [1.807, 2.05) is 0 Å². The predicted molar refractivity (Wildman–Crippen MR) is 18.5 cm³/mol. The van der Waals surface area contributed by atoms with Gasteiger partial charge in [0.2, 0.25) is 0 Å². The molecule has 0 aromatic rings. The van der Waals surface area contributed by atoms with Gasteiger partial charge in [0.05, 0.1) is 0 Å². The van der Waals surface area contributed by atoms with Gasteiger partial charge in [-0.3, -0.25) is 0 Å². The smallest absolute Gasteiger partial charge is 2.00 e. The quantitative estimate of drug-likeness (QED) is 0.419. The summed E-state index contributed by atoms with van der Waals surface area (Å²) in [6.45, 7) is 2.96. The van der Waals surface area contributed by atoms with Crippen molar-refractivity contribution in [3.63, 3.8) is 0 Å². The second kappa shape index (κ2) is 9.19. The number of carboxylic acid groups (broad SMARTS) is 1. The van der Waals surface area contributed by atoms with Gasteiger partial charge >= 0.3 is 23.0 Å². The van der Waals surface area contributed by atoms with Crippen molar-refractivity contribution in [1.29, 1.82) is 0 Å². The first-order valence-corrected chi connectivity index (χ1v) is 1.12. The Morgan fingerprint density at radius 2 is 1.86 bits per heavy atom. The first-order valence-electron chi connectivity index (χ1n) is 1.12. The molecule has 1 N–H and O–H groups in total. The van der Waals surface area contributed by atoms with Gasteiger partial charge in [0.25, 0.3) is 0 Å². The Morgan fingerprint density at radius 1 is 1.71 bits per heavy atom. The molecule has 0 saturated carbocycles. The normalized spacial score (nSPS) is 4.57. The van der Waals surface area contributed by atoms with E-state index in [0.29, 0.717) is 0 Å². The number of carboxylic acids is 1. The van der Waals surface area contributed by atoms with Crippen molar-refractivity contribution in [2.24, 2.45) is 0 Å². The van der Waals surface area contributed by atoms with E-state index >= 15 is 0 Å². The molecule has 0 bridgehead atoms. The van der Waals surface area contributed by atoms with Crippen molar-refractivity contribution in [3.05, 3.63) is 12.7 Å². The number of carbonyl (C=O) groups is 1. The predicted octanol–water partition coefficient (Wildman–Crippen LogP) is 0.136.